The molecule has 6 heteroatoms. The SMILES string of the molecule is CC/C=C\C/C=C\C/C=C\C/C=C\C/C=C\C/C=C\C/C=C\CCCC(=O)OCC(COC(=O)CCC/C=C\C/C=C\C/C=C\C/C=C\C/C=C\CC)OC(=O)CCCCCCCCCCCC/C=C\C/C=C\C/C=C\C/C=C\CC. The van der Waals surface area contributed by atoms with Crippen LogP contribution in [0.25, 0.3) is 0 Å². The van der Waals surface area contributed by atoms with Crippen LogP contribution in [0.5, 0.6) is 0 Å². The standard InChI is InChI=1S/C75H114O6/c1-4-7-10-13-16-19-22-25-28-31-33-35-37-39-41-44-47-50-53-56-59-62-65-68-74(77)80-71-72(70-79-73(76)67-64-61-58-55-52-49-46-43-30-27-24-21-18-15-12-9-6-3)81-75(78)69-66-63-60-57-54-51-48-45-42-40-38-36-34-32-29-26-23-20-17-14-11-8-5-2/h7-12,16-21,25-30,33-36,39,41,46-47,49-50,55-56,58-59,72H,4-6,13-15,22-24,31-32,37-38,40,42-45,48,51-54,57,60-71H2,1-3H3/b10-7-,11-8-,12-9-,19-16-,20-17-,21-18-,28-25-,29-26-,30-27-,35-33-,36-34-,41-39-,49-46-,50-47-,58-55-,59-56-. The first-order valence-electron chi connectivity index (χ1n) is 31.9. The second kappa shape index (κ2) is 66.8. The molecule has 81 heavy (non-hydrogen) atoms. The minimum atomic E-state index is -0.841. The summed E-state index contributed by atoms with van der Waals surface area (Å²) in [5, 5.41) is 0. The Morgan fingerprint density at radius 2 is 0.457 bits per heavy atom. The Hall–Kier alpha value is -5.75. The highest BCUT2D eigenvalue weighted by Gasteiger charge is 2.19. The molecule has 0 aromatic rings. The fourth-order valence-corrected chi connectivity index (χ4v) is 7.93. The van der Waals surface area contributed by atoms with Crippen LogP contribution in [0, 0.1) is 0 Å². The first kappa shape index (κ1) is 75.2. The Bertz CT molecular complexity index is 1950. The van der Waals surface area contributed by atoms with Crippen molar-refractivity contribution in [2.75, 3.05) is 13.2 Å². The minimum absolute atomic E-state index is 0.138. The topological polar surface area (TPSA) is 78.9 Å². The lowest BCUT2D eigenvalue weighted by atomic mass is 10.0. The Balaban J connectivity index is 4.59. The van der Waals surface area contributed by atoms with Crippen LogP contribution < -0.4 is 0 Å². The van der Waals surface area contributed by atoms with E-state index < -0.39 is 6.10 Å². The minimum Gasteiger partial charge on any atom is -0.462 e. The Labute approximate surface area is 497 Å². The Kier molecular flexibility index (Phi) is 62.0. The fraction of sp³-hybridized carbons (Fsp3) is 0.533. The maximum atomic E-state index is 12.9. The van der Waals surface area contributed by atoms with E-state index in [1.165, 1.54) is 44.9 Å². The van der Waals surface area contributed by atoms with Gasteiger partial charge < -0.3 is 14.2 Å². The van der Waals surface area contributed by atoms with Gasteiger partial charge in [0.2, 0.25) is 0 Å². The van der Waals surface area contributed by atoms with Crippen LogP contribution >= 0.6 is 0 Å². The number of hydrogen-bond donors (Lipinski definition) is 0. The summed E-state index contributed by atoms with van der Waals surface area (Å²) in [6.07, 6.45) is 102. The van der Waals surface area contributed by atoms with Crippen molar-refractivity contribution in [2.24, 2.45) is 0 Å². The molecule has 1 atom stereocenters. The summed E-state index contributed by atoms with van der Waals surface area (Å²) in [5.74, 6) is -1.06. The summed E-state index contributed by atoms with van der Waals surface area (Å²) >= 11 is 0. The van der Waals surface area contributed by atoms with Gasteiger partial charge in [-0.2, -0.15) is 0 Å². The van der Waals surface area contributed by atoms with Gasteiger partial charge >= 0.3 is 17.9 Å². The highest BCUT2D eigenvalue weighted by molar-refractivity contribution is 5.71. The summed E-state index contributed by atoms with van der Waals surface area (Å²) in [6, 6.07) is 0. The van der Waals surface area contributed by atoms with E-state index in [9.17, 15) is 14.4 Å². The van der Waals surface area contributed by atoms with Gasteiger partial charge in [0, 0.05) is 19.3 Å². The molecule has 0 fully saturated rings. The van der Waals surface area contributed by atoms with Crippen LogP contribution in [0.15, 0.2) is 194 Å². The van der Waals surface area contributed by atoms with E-state index in [0.717, 1.165) is 141 Å². The highest BCUT2D eigenvalue weighted by atomic mass is 16.6. The molecular formula is C75H114O6. The molecule has 0 aliphatic carbocycles. The zero-order chi connectivity index (χ0) is 58.5. The van der Waals surface area contributed by atoms with Gasteiger partial charge in [-0.3, -0.25) is 14.4 Å². The van der Waals surface area contributed by atoms with Gasteiger partial charge in [0.05, 0.1) is 0 Å². The third kappa shape index (κ3) is 64.9. The zero-order valence-electron chi connectivity index (χ0n) is 51.5. The van der Waals surface area contributed by atoms with Crippen molar-refractivity contribution < 1.29 is 28.6 Å². The van der Waals surface area contributed by atoms with Crippen molar-refractivity contribution in [3.8, 4) is 0 Å². The average Bonchev–Trinajstić information content (AvgIpc) is 3.47. The van der Waals surface area contributed by atoms with Crippen LogP contribution in [-0.4, -0.2) is 37.2 Å². The molecule has 0 spiro atoms. The molecule has 0 N–H and O–H groups in total. The second-order valence-electron chi connectivity index (χ2n) is 20.2. The van der Waals surface area contributed by atoms with Gasteiger partial charge in [0.1, 0.15) is 13.2 Å². The monoisotopic (exact) mass is 1110 g/mol. The van der Waals surface area contributed by atoms with Gasteiger partial charge in [-0.25, -0.2) is 0 Å². The van der Waals surface area contributed by atoms with Crippen molar-refractivity contribution in [1.29, 1.82) is 0 Å². The third-order valence-corrected chi connectivity index (χ3v) is 12.6. The summed E-state index contributed by atoms with van der Waals surface area (Å²) < 4.78 is 16.8. The van der Waals surface area contributed by atoms with Crippen molar-refractivity contribution in [2.45, 2.75) is 245 Å². The largest absolute Gasteiger partial charge is 0.462 e. The molecular weight excluding hydrogens is 997 g/mol. The Morgan fingerprint density at radius 3 is 0.728 bits per heavy atom. The van der Waals surface area contributed by atoms with E-state index in [2.05, 4.69) is 215 Å². The maximum absolute atomic E-state index is 12.9. The molecule has 0 bridgehead atoms. The molecule has 1 unspecified atom stereocenters. The average molecular weight is 1110 g/mol. The number of unbranched alkanes of at least 4 members (excludes halogenated alkanes) is 12. The van der Waals surface area contributed by atoms with Crippen LogP contribution in [0.3, 0.4) is 0 Å². The molecule has 6 nitrogen and oxygen atoms in total. The van der Waals surface area contributed by atoms with E-state index in [-0.39, 0.29) is 50.4 Å². The van der Waals surface area contributed by atoms with Crippen molar-refractivity contribution in [1.82, 2.24) is 0 Å². The number of carbonyl (C=O) groups is 3. The van der Waals surface area contributed by atoms with Gasteiger partial charge in [-0.15, -0.1) is 0 Å². The van der Waals surface area contributed by atoms with E-state index in [4.69, 9.17) is 14.2 Å². The van der Waals surface area contributed by atoms with E-state index in [1.807, 2.05) is 0 Å². The maximum Gasteiger partial charge on any atom is 0.306 e. The molecule has 0 radical (unpaired) electrons. The lowest BCUT2D eigenvalue weighted by Gasteiger charge is -2.18. The first-order chi connectivity index (χ1) is 40.0. The highest BCUT2D eigenvalue weighted by Crippen LogP contribution is 2.14. The molecule has 450 valence electrons. The van der Waals surface area contributed by atoms with Gasteiger partial charge in [0.25, 0.3) is 0 Å². The first-order valence-corrected chi connectivity index (χ1v) is 31.9. The fourth-order valence-electron chi connectivity index (χ4n) is 7.93. The molecule has 0 aromatic heterocycles. The summed E-state index contributed by atoms with van der Waals surface area (Å²) in [7, 11) is 0. The normalized spacial score (nSPS) is 13.5. The summed E-state index contributed by atoms with van der Waals surface area (Å²) in [6.45, 7) is 6.19. The molecule has 0 saturated carbocycles. The quantitative estimate of drug-likeness (QED) is 0.0261. The number of rotatable bonds is 55. The molecule has 0 saturated heterocycles. The third-order valence-electron chi connectivity index (χ3n) is 12.6. The number of ether oxygens (including phenoxy) is 3. The predicted molar refractivity (Wildman–Crippen MR) is 352 cm³/mol. The summed E-state index contributed by atoms with van der Waals surface area (Å²) in [5.41, 5.74) is 0. The number of allylic oxidation sites excluding steroid dienone is 32. The van der Waals surface area contributed by atoms with E-state index in [1.54, 1.807) is 0 Å². The lowest BCUT2D eigenvalue weighted by Crippen LogP contribution is -2.30. The second-order valence-corrected chi connectivity index (χ2v) is 20.2. The molecule has 0 heterocycles. The van der Waals surface area contributed by atoms with Gasteiger partial charge in [0.15, 0.2) is 6.10 Å². The van der Waals surface area contributed by atoms with Crippen LogP contribution in [-0.2, 0) is 28.6 Å². The van der Waals surface area contributed by atoms with Gasteiger partial charge in [-0.1, -0.05) is 267 Å². The van der Waals surface area contributed by atoms with E-state index >= 15 is 0 Å². The van der Waals surface area contributed by atoms with Crippen LogP contribution in [0.1, 0.15) is 239 Å². The number of esters is 3. The lowest BCUT2D eigenvalue weighted by molar-refractivity contribution is -0.167. The number of carbonyl (C=O) groups excluding carboxylic acids is 3. The van der Waals surface area contributed by atoms with Crippen molar-refractivity contribution in [3.05, 3.63) is 194 Å². The van der Waals surface area contributed by atoms with E-state index in [0.29, 0.717) is 12.8 Å². The Morgan fingerprint density at radius 1 is 0.247 bits per heavy atom. The molecule has 0 rings (SSSR count). The molecule has 0 aliphatic rings. The smallest absolute Gasteiger partial charge is 0.306 e. The van der Waals surface area contributed by atoms with Crippen molar-refractivity contribution in [3.63, 3.8) is 0 Å². The van der Waals surface area contributed by atoms with Crippen LogP contribution in [0.2, 0.25) is 0 Å². The summed E-state index contributed by atoms with van der Waals surface area (Å²) in [4.78, 5) is 38.3. The molecule has 0 aromatic carbocycles. The number of hydrogen-bond acceptors (Lipinski definition) is 6. The molecule has 0 aliphatic heterocycles. The predicted octanol–water partition coefficient (Wildman–Crippen LogP) is 22.2. The zero-order valence-corrected chi connectivity index (χ0v) is 51.5. The van der Waals surface area contributed by atoms with Crippen molar-refractivity contribution >= 4 is 17.9 Å². The van der Waals surface area contributed by atoms with Crippen LogP contribution in [0.4, 0.5) is 0 Å². The molecule has 0 amide bonds. The van der Waals surface area contributed by atoms with Gasteiger partial charge in [-0.05, 0) is 148 Å².